The number of hydrogen-bond acceptors (Lipinski definition) is 2. The van der Waals surface area contributed by atoms with Gasteiger partial charge in [-0.15, -0.1) is 11.6 Å². The molecular formula is C9H6ClF3O2. The highest BCUT2D eigenvalue weighted by Crippen LogP contribution is 2.41. The molecule has 0 aromatic heterocycles. The number of rotatable bonds is 1. The minimum Gasteiger partial charge on any atom is -0.454 e. The summed E-state index contributed by atoms with van der Waals surface area (Å²) < 4.78 is 47.2. The first kappa shape index (κ1) is 10.4. The number of halogens is 4. The molecule has 1 aromatic carbocycles. The Hall–Kier alpha value is -1.10. The number of benzene rings is 1. The molecule has 0 unspecified atom stereocenters. The van der Waals surface area contributed by atoms with Crippen LogP contribution in [0, 0.1) is 0 Å². The third kappa shape index (κ3) is 1.84. The summed E-state index contributed by atoms with van der Waals surface area (Å²) in [5, 5.41) is 0. The second kappa shape index (κ2) is 3.48. The van der Waals surface area contributed by atoms with E-state index in [9.17, 15) is 13.2 Å². The summed E-state index contributed by atoms with van der Waals surface area (Å²) >= 11 is 5.53. The third-order valence-electron chi connectivity index (χ3n) is 2.02. The molecule has 1 aromatic rings. The Morgan fingerprint density at radius 3 is 2.60 bits per heavy atom. The number of fused-ring (bicyclic) bond motifs is 1. The van der Waals surface area contributed by atoms with Crippen molar-refractivity contribution in [2.45, 2.75) is 12.1 Å². The molecule has 1 aliphatic rings. The lowest BCUT2D eigenvalue weighted by molar-refractivity contribution is -0.137. The molecule has 0 saturated carbocycles. The van der Waals surface area contributed by atoms with Gasteiger partial charge in [-0.3, -0.25) is 0 Å². The van der Waals surface area contributed by atoms with Crippen molar-refractivity contribution >= 4 is 11.6 Å². The predicted molar refractivity (Wildman–Crippen MR) is 47.1 cm³/mol. The van der Waals surface area contributed by atoms with Crippen LogP contribution in [0.3, 0.4) is 0 Å². The lowest BCUT2D eigenvalue weighted by atomic mass is 10.1. The van der Waals surface area contributed by atoms with Gasteiger partial charge in [-0.05, 0) is 12.1 Å². The first-order chi connectivity index (χ1) is 7.02. The van der Waals surface area contributed by atoms with Crippen LogP contribution in [-0.2, 0) is 12.1 Å². The summed E-state index contributed by atoms with van der Waals surface area (Å²) in [7, 11) is 0. The highest BCUT2D eigenvalue weighted by Gasteiger charge is 2.33. The van der Waals surface area contributed by atoms with Gasteiger partial charge in [-0.25, -0.2) is 0 Å². The van der Waals surface area contributed by atoms with Crippen LogP contribution in [0.2, 0.25) is 0 Å². The van der Waals surface area contributed by atoms with Gasteiger partial charge < -0.3 is 9.47 Å². The molecule has 0 saturated heterocycles. The van der Waals surface area contributed by atoms with Gasteiger partial charge >= 0.3 is 6.18 Å². The van der Waals surface area contributed by atoms with Crippen LogP contribution < -0.4 is 9.47 Å². The summed E-state index contributed by atoms with van der Waals surface area (Å²) in [5.41, 5.74) is -0.485. The van der Waals surface area contributed by atoms with E-state index in [1.54, 1.807) is 0 Å². The maximum atomic E-state index is 12.4. The van der Waals surface area contributed by atoms with Gasteiger partial charge in [0.25, 0.3) is 0 Å². The second-order valence-corrected chi connectivity index (χ2v) is 3.27. The first-order valence-electron chi connectivity index (χ1n) is 4.08. The molecule has 2 rings (SSSR count). The van der Waals surface area contributed by atoms with Crippen molar-refractivity contribution in [3.05, 3.63) is 23.3 Å². The molecular weight excluding hydrogens is 233 g/mol. The van der Waals surface area contributed by atoms with Crippen molar-refractivity contribution in [2.24, 2.45) is 0 Å². The number of alkyl halides is 4. The Morgan fingerprint density at radius 2 is 2.00 bits per heavy atom. The molecule has 1 heterocycles. The molecule has 6 heteroatoms. The van der Waals surface area contributed by atoms with Crippen molar-refractivity contribution in [1.82, 2.24) is 0 Å². The topological polar surface area (TPSA) is 18.5 Å². The molecule has 0 aliphatic carbocycles. The summed E-state index contributed by atoms with van der Waals surface area (Å²) in [6.45, 7) is -0.0689. The second-order valence-electron chi connectivity index (χ2n) is 3.00. The quantitative estimate of drug-likeness (QED) is 0.700. The Labute approximate surface area is 88.5 Å². The fourth-order valence-electron chi connectivity index (χ4n) is 1.35. The van der Waals surface area contributed by atoms with E-state index in [1.165, 1.54) is 0 Å². The summed E-state index contributed by atoms with van der Waals surface area (Å²) in [5.74, 6) is 0.355. The fourth-order valence-corrected chi connectivity index (χ4v) is 1.54. The van der Waals surface area contributed by atoms with E-state index in [4.69, 9.17) is 21.1 Å². The molecule has 0 atom stereocenters. The Bertz CT molecular complexity index is 390. The molecule has 1 aliphatic heterocycles. The standard InChI is InChI=1S/C9H6ClF3O2/c10-3-5-1-6(9(11,12)13)2-7-8(5)15-4-14-7/h1-2H,3-4H2. The van der Waals surface area contributed by atoms with Crippen LogP contribution in [0.1, 0.15) is 11.1 Å². The van der Waals surface area contributed by atoms with Gasteiger partial charge in [-0.1, -0.05) is 0 Å². The van der Waals surface area contributed by atoms with Crippen LogP contribution in [-0.4, -0.2) is 6.79 Å². The van der Waals surface area contributed by atoms with Gasteiger partial charge in [0.15, 0.2) is 11.5 Å². The molecule has 0 fully saturated rings. The molecule has 0 N–H and O–H groups in total. The minimum absolute atomic E-state index is 0.0460. The highest BCUT2D eigenvalue weighted by molar-refractivity contribution is 6.17. The minimum atomic E-state index is -4.40. The summed E-state index contributed by atoms with van der Waals surface area (Å²) in [6, 6.07) is 1.89. The van der Waals surface area contributed by atoms with E-state index < -0.39 is 11.7 Å². The van der Waals surface area contributed by atoms with Crippen molar-refractivity contribution < 1.29 is 22.6 Å². The van der Waals surface area contributed by atoms with Gasteiger partial charge in [-0.2, -0.15) is 13.2 Å². The van der Waals surface area contributed by atoms with E-state index in [0.29, 0.717) is 11.3 Å². The van der Waals surface area contributed by atoms with Gasteiger partial charge in [0, 0.05) is 5.56 Å². The van der Waals surface area contributed by atoms with Gasteiger partial charge in [0.2, 0.25) is 6.79 Å². The largest absolute Gasteiger partial charge is 0.454 e. The molecule has 15 heavy (non-hydrogen) atoms. The lowest BCUT2D eigenvalue weighted by Crippen LogP contribution is -2.05. The lowest BCUT2D eigenvalue weighted by Gasteiger charge is -2.09. The number of hydrogen-bond donors (Lipinski definition) is 0. The zero-order chi connectivity index (χ0) is 11.1. The Balaban J connectivity index is 2.53. The van der Waals surface area contributed by atoms with Crippen LogP contribution in [0.5, 0.6) is 11.5 Å². The monoisotopic (exact) mass is 238 g/mol. The Morgan fingerprint density at radius 1 is 1.27 bits per heavy atom. The average molecular weight is 239 g/mol. The first-order valence-corrected chi connectivity index (χ1v) is 4.61. The molecule has 82 valence electrons. The normalized spacial score (nSPS) is 14.4. The van der Waals surface area contributed by atoms with Gasteiger partial charge in [0.1, 0.15) is 0 Å². The van der Waals surface area contributed by atoms with E-state index in [2.05, 4.69) is 0 Å². The van der Waals surface area contributed by atoms with Crippen LogP contribution >= 0.6 is 11.6 Å². The van der Waals surface area contributed by atoms with Crippen molar-refractivity contribution in [3.8, 4) is 11.5 Å². The predicted octanol–water partition coefficient (Wildman–Crippen LogP) is 3.17. The molecule has 0 amide bonds. The maximum Gasteiger partial charge on any atom is 0.416 e. The van der Waals surface area contributed by atoms with E-state index >= 15 is 0 Å². The summed E-state index contributed by atoms with van der Waals surface area (Å²) in [6.07, 6.45) is -4.40. The van der Waals surface area contributed by atoms with Crippen LogP contribution in [0.15, 0.2) is 12.1 Å². The third-order valence-corrected chi connectivity index (χ3v) is 2.31. The highest BCUT2D eigenvalue weighted by atomic mass is 35.5. The van der Waals surface area contributed by atoms with Crippen LogP contribution in [0.25, 0.3) is 0 Å². The Kier molecular flexibility index (Phi) is 2.42. The molecule has 0 bridgehead atoms. The molecule has 2 nitrogen and oxygen atoms in total. The molecule has 0 radical (unpaired) electrons. The van der Waals surface area contributed by atoms with E-state index in [1.807, 2.05) is 0 Å². The van der Waals surface area contributed by atoms with E-state index in [-0.39, 0.29) is 18.4 Å². The van der Waals surface area contributed by atoms with Gasteiger partial charge in [0.05, 0.1) is 11.4 Å². The van der Waals surface area contributed by atoms with E-state index in [0.717, 1.165) is 12.1 Å². The number of ether oxygens (including phenoxy) is 2. The zero-order valence-corrected chi connectivity index (χ0v) is 8.15. The van der Waals surface area contributed by atoms with Crippen molar-refractivity contribution in [1.29, 1.82) is 0 Å². The zero-order valence-electron chi connectivity index (χ0n) is 7.40. The van der Waals surface area contributed by atoms with Crippen molar-refractivity contribution in [2.75, 3.05) is 6.79 Å². The van der Waals surface area contributed by atoms with Crippen LogP contribution in [0.4, 0.5) is 13.2 Å². The smallest absolute Gasteiger partial charge is 0.416 e. The average Bonchev–Trinajstić information content (AvgIpc) is 2.62. The van der Waals surface area contributed by atoms with Crippen molar-refractivity contribution in [3.63, 3.8) is 0 Å². The molecule has 0 spiro atoms. The maximum absolute atomic E-state index is 12.4. The fraction of sp³-hybridized carbons (Fsp3) is 0.333. The SMILES string of the molecule is FC(F)(F)c1cc(CCl)c2c(c1)OCO2. The summed E-state index contributed by atoms with van der Waals surface area (Å²) in [4.78, 5) is 0.